The van der Waals surface area contributed by atoms with Crippen molar-refractivity contribution in [1.29, 1.82) is 0 Å². The normalized spacial score (nSPS) is 12.3. The molecule has 5 heteroatoms. The van der Waals surface area contributed by atoms with E-state index in [1.54, 1.807) is 12.1 Å². The lowest BCUT2D eigenvalue weighted by atomic mass is 10.1. The quantitative estimate of drug-likeness (QED) is 0.265. The summed E-state index contributed by atoms with van der Waals surface area (Å²) < 4.78 is 0. The van der Waals surface area contributed by atoms with Gasteiger partial charge in [-0.15, -0.1) is 0 Å². The van der Waals surface area contributed by atoms with Crippen molar-refractivity contribution in [3.8, 4) is 0 Å². The molecule has 0 saturated heterocycles. The zero-order valence-corrected chi connectivity index (χ0v) is 17.8. The summed E-state index contributed by atoms with van der Waals surface area (Å²) in [6, 6.07) is 37.5. The molecular formula is C26H23NO3P+. The number of non-ortho nitro benzene ring substituents is 1. The van der Waals surface area contributed by atoms with Gasteiger partial charge in [-0.25, -0.2) is 0 Å². The van der Waals surface area contributed by atoms with Gasteiger partial charge in [-0.2, -0.15) is 0 Å². The largest absolute Gasteiger partial charge is 0.392 e. The monoisotopic (exact) mass is 428 g/mol. The van der Waals surface area contributed by atoms with E-state index in [-0.39, 0.29) is 18.0 Å². The summed E-state index contributed by atoms with van der Waals surface area (Å²) >= 11 is 0. The predicted molar refractivity (Wildman–Crippen MR) is 128 cm³/mol. The highest BCUT2D eigenvalue weighted by Gasteiger charge is 2.52. The van der Waals surface area contributed by atoms with Gasteiger partial charge in [0.15, 0.2) is 0 Å². The molecule has 0 aliphatic carbocycles. The molecule has 4 nitrogen and oxygen atoms in total. The SMILES string of the molecule is O=[N+]([O-])c1ccc(C(CO)[P+](c2ccccc2)(c2ccccc2)c2ccccc2)cc1. The van der Waals surface area contributed by atoms with E-state index in [2.05, 4.69) is 36.4 Å². The Morgan fingerprint density at radius 2 is 1.06 bits per heavy atom. The fourth-order valence-electron chi connectivity index (χ4n) is 4.25. The Morgan fingerprint density at radius 3 is 1.39 bits per heavy atom. The van der Waals surface area contributed by atoms with Crippen LogP contribution >= 0.6 is 7.26 Å². The van der Waals surface area contributed by atoms with E-state index in [4.69, 9.17) is 0 Å². The molecule has 4 rings (SSSR count). The Hall–Kier alpha value is -3.33. The summed E-state index contributed by atoms with van der Waals surface area (Å²) in [6.45, 7) is -0.0791. The maximum atomic E-state index is 11.2. The number of aliphatic hydroxyl groups is 1. The van der Waals surface area contributed by atoms with Gasteiger partial charge in [-0.3, -0.25) is 10.1 Å². The molecule has 1 atom stereocenters. The smallest absolute Gasteiger partial charge is 0.269 e. The number of hydrogen-bond acceptors (Lipinski definition) is 3. The molecule has 0 saturated carbocycles. The van der Waals surface area contributed by atoms with E-state index in [1.165, 1.54) is 12.1 Å². The minimum Gasteiger partial charge on any atom is -0.392 e. The van der Waals surface area contributed by atoms with Crippen LogP contribution in [0, 0.1) is 10.1 Å². The summed E-state index contributed by atoms with van der Waals surface area (Å²) in [4.78, 5) is 10.8. The van der Waals surface area contributed by atoms with Gasteiger partial charge >= 0.3 is 0 Å². The van der Waals surface area contributed by atoms with Gasteiger partial charge in [0.2, 0.25) is 0 Å². The van der Waals surface area contributed by atoms with Crippen LogP contribution in [0.2, 0.25) is 0 Å². The van der Waals surface area contributed by atoms with Crippen molar-refractivity contribution < 1.29 is 10.0 Å². The third-order valence-electron chi connectivity index (χ3n) is 5.62. The molecule has 4 aromatic carbocycles. The van der Waals surface area contributed by atoms with Crippen LogP contribution in [0.15, 0.2) is 115 Å². The molecule has 31 heavy (non-hydrogen) atoms. The van der Waals surface area contributed by atoms with Crippen LogP contribution in [0.25, 0.3) is 0 Å². The van der Waals surface area contributed by atoms with Crippen LogP contribution in [-0.4, -0.2) is 16.6 Å². The molecule has 0 aromatic heterocycles. The van der Waals surface area contributed by atoms with Gasteiger partial charge in [0.1, 0.15) is 28.8 Å². The number of hydrogen-bond donors (Lipinski definition) is 1. The second kappa shape index (κ2) is 9.22. The molecule has 0 aliphatic heterocycles. The molecule has 0 aliphatic rings. The Balaban J connectivity index is 2.04. The Kier molecular flexibility index (Phi) is 6.22. The molecule has 0 heterocycles. The Bertz CT molecular complexity index is 1040. The van der Waals surface area contributed by atoms with Crippen molar-refractivity contribution >= 4 is 28.9 Å². The fourth-order valence-corrected chi connectivity index (χ4v) is 9.01. The highest BCUT2D eigenvalue weighted by atomic mass is 31.2. The molecular weight excluding hydrogens is 405 g/mol. The summed E-state index contributed by atoms with van der Waals surface area (Å²) in [5.41, 5.74) is 0.682. The van der Waals surface area contributed by atoms with Crippen LogP contribution in [0.1, 0.15) is 11.2 Å². The zero-order valence-electron chi connectivity index (χ0n) is 16.9. The van der Waals surface area contributed by atoms with Crippen LogP contribution in [0.3, 0.4) is 0 Å². The molecule has 0 bridgehead atoms. The zero-order chi connectivity index (χ0) is 21.7. The van der Waals surface area contributed by atoms with Gasteiger partial charge < -0.3 is 5.11 Å². The van der Waals surface area contributed by atoms with Crippen molar-refractivity contribution in [2.45, 2.75) is 5.66 Å². The molecule has 154 valence electrons. The maximum absolute atomic E-state index is 11.2. The lowest BCUT2D eigenvalue weighted by Gasteiger charge is -2.34. The minimum atomic E-state index is -2.34. The third kappa shape index (κ3) is 3.88. The predicted octanol–water partition coefficient (Wildman–Crippen LogP) is 4.62. The van der Waals surface area contributed by atoms with E-state index in [9.17, 15) is 15.2 Å². The Morgan fingerprint density at radius 1 is 0.677 bits per heavy atom. The average molecular weight is 428 g/mol. The van der Waals surface area contributed by atoms with Crippen molar-refractivity contribution in [1.82, 2.24) is 0 Å². The molecule has 1 unspecified atom stereocenters. The first-order chi connectivity index (χ1) is 15.2. The van der Waals surface area contributed by atoms with Gasteiger partial charge in [-0.05, 0) is 54.1 Å². The first-order valence-electron chi connectivity index (χ1n) is 10.1. The summed E-state index contributed by atoms with van der Waals surface area (Å²) in [5.74, 6) is 0. The van der Waals surface area contributed by atoms with Crippen LogP contribution in [-0.2, 0) is 0 Å². The second-order valence-electron chi connectivity index (χ2n) is 7.28. The highest BCUT2D eigenvalue weighted by molar-refractivity contribution is 7.96. The first kappa shape index (κ1) is 20.9. The number of rotatable bonds is 7. The van der Waals surface area contributed by atoms with E-state index in [0.29, 0.717) is 0 Å². The molecule has 1 N–H and O–H groups in total. The van der Waals surface area contributed by atoms with Crippen LogP contribution < -0.4 is 15.9 Å². The van der Waals surface area contributed by atoms with Crippen molar-refractivity contribution in [2.24, 2.45) is 0 Å². The maximum Gasteiger partial charge on any atom is 0.269 e. The molecule has 4 aromatic rings. The lowest BCUT2D eigenvalue weighted by Crippen LogP contribution is -2.36. The Labute approximate surface area is 182 Å². The fraction of sp³-hybridized carbons (Fsp3) is 0.0769. The van der Waals surface area contributed by atoms with E-state index >= 15 is 0 Å². The second-order valence-corrected chi connectivity index (χ2v) is 10.9. The summed E-state index contributed by atoms with van der Waals surface area (Å²) in [5, 5.41) is 25.4. The van der Waals surface area contributed by atoms with Crippen molar-refractivity contribution in [3.05, 3.63) is 131 Å². The van der Waals surface area contributed by atoms with E-state index in [1.807, 2.05) is 54.6 Å². The van der Waals surface area contributed by atoms with Gasteiger partial charge in [0, 0.05) is 12.1 Å². The number of nitrogens with zero attached hydrogens (tertiary/aromatic N) is 1. The standard InChI is InChI=1S/C26H23NO3P/c28-20-26(21-16-18-22(19-17-21)27(29)30)31(23-10-4-1-5-11-23,24-12-6-2-7-13-24)25-14-8-3-9-15-25/h1-19,26,28H,20H2/q+1. The number of aliphatic hydroxyl groups excluding tert-OH is 1. The molecule has 0 radical (unpaired) electrons. The average Bonchev–Trinajstić information content (AvgIpc) is 2.84. The number of nitro benzene ring substituents is 1. The highest BCUT2D eigenvalue weighted by Crippen LogP contribution is 2.66. The molecule has 0 spiro atoms. The third-order valence-corrected chi connectivity index (χ3v) is 10.4. The summed E-state index contributed by atoms with van der Waals surface area (Å²) in [7, 11) is -2.34. The van der Waals surface area contributed by atoms with Gasteiger partial charge in [0.25, 0.3) is 5.69 Å². The molecule has 0 fully saturated rings. The number of nitro groups is 1. The van der Waals surface area contributed by atoms with Crippen LogP contribution in [0.5, 0.6) is 0 Å². The lowest BCUT2D eigenvalue weighted by molar-refractivity contribution is -0.384. The van der Waals surface area contributed by atoms with E-state index in [0.717, 1.165) is 21.5 Å². The first-order valence-corrected chi connectivity index (χ1v) is 11.9. The minimum absolute atomic E-state index is 0.0449. The molecule has 0 amide bonds. The topological polar surface area (TPSA) is 63.4 Å². The number of benzene rings is 4. The van der Waals surface area contributed by atoms with Crippen molar-refractivity contribution in [3.63, 3.8) is 0 Å². The van der Waals surface area contributed by atoms with Gasteiger partial charge in [0.05, 0.1) is 11.5 Å². The van der Waals surface area contributed by atoms with Crippen molar-refractivity contribution in [2.75, 3.05) is 6.61 Å². The van der Waals surface area contributed by atoms with E-state index < -0.39 is 12.2 Å². The summed E-state index contributed by atoms with van der Waals surface area (Å²) in [6.07, 6.45) is 0. The van der Waals surface area contributed by atoms with Crippen LogP contribution in [0.4, 0.5) is 5.69 Å². The van der Waals surface area contributed by atoms with Gasteiger partial charge in [-0.1, -0.05) is 54.6 Å².